The Morgan fingerprint density at radius 3 is 2.81 bits per heavy atom. The largest absolute Gasteiger partial charge is 0.379 e. The van der Waals surface area contributed by atoms with Crippen LogP contribution in [-0.2, 0) is 22.0 Å². The lowest BCUT2D eigenvalue weighted by Crippen LogP contribution is -2.05. The van der Waals surface area contributed by atoms with Gasteiger partial charge in [0.2, 0.25) is 0 Å². The van der Waals surface area contributed by atoms with Crippen molar-refractivity contribution in [2.45, 2.75) is 32.3 Å². The topological polar surface area (TPSA) is 31.4 Å². The standard InChI is InChI=1S/C11H18ClNO2S/c1-2-3-4-14-5-6-15-8-11-13-10(7-12)9-16-11/h9H,2-8H2,1H3. The molecule has 0 N–H and O–H groups in total. The van der Waals surface area contributed by atoms with Crippen LogP contribution in [0.3, 0.4) is 0 Å². The van der Waals surface area contributed by atoms with E-state index in [1.165, 1.54) is 6.42 Å². The second kappa shape index (κ2) is 8.93. The van der Waals surface area contributed by atoms with Gasteiger partial charge < -0.3 is 9.47 Å². The van der Waals surface area contributed by atoms with Crippen LogP contribution in [0.4, 0.5) is 0 Å². The van der Waals surface area contributed by atoms with Crippen molar-refractivity contribution < 1.29 is 9.47 Å². The summed E-state index contributed by atoms with van der Waals surface area (Å²) in [5.41, 5.74) is 0.921. The van der Waals surface area contributed by atoms with Gasteiger partial charge in [0.15, 0.2) is 0 Å². The number of hydrogen-bond donors (Lipinski definition) is 0. The number of unbranched alkanes of at least 4 members (excludes halogenated alkanes) is 1. The minimum Gasteiger partial charge on any atom is -0.379 e. The number of rotatable bonds is 9. The molecule has 0 saturated carbocycles. The van der Waals surface area contributed by atoms with Crippen molar-refractivity contribution in [3.8, 4) is 0 Å². The Morgan fingerprint density at radius 1 is 1.31 bits per heavy atom. The van der Waals surface area contributed by atoms with Crippen molar-refractivity contribution >= 4 is 22.9 Å². The summed E-state index contributed by atoms with van der Waals surface area (Å²) >= 11 is 7.24. The van der Waals surface area contributed by atoms with E-state index in [9.17, 15) is 0 Å². The maximum atomic E-state index is 5.66. The fourth-order valence-electron chi connectivity index (χ4n) is 1.10. The summed E-state index contributed by atoms with van der Waals surface area (Å²) in [6, 6.07) is 0. The first-order valence-corrected chi connectivity index (χ1v) is 6.93. The molecule has 92 valence electrons. The highest BCUT2D eigenvalue weighted by molar-refractivity contribution is 7.09. The van der Waals surface area contributed by atoms with E-state index in [2.05, 4.69) is 11.9 Å². The third kappa shape index (κ3) is 5.80. The number of alkyl halides is 1. The van der Waals surface area contributed by atoms with Crippen molar-refractivity contribution in [3.63, 3.8) is 0 Å². The normalized spacial score (nSPS) is 10.9. The van der Waals surface area contributed by atoms with E-state index in [-0.39, 0.29) is 0 Å². The van der Waals surface area contributed by atoms with Gasteiger partial charge in [-0.15, -0.1) is 22.9 Å². The third-order valence-corrected chi connectivity index (χ3v) is 3.12. The van der Waals surface area contributed by atoms with Crippen LogP contribution < -0.4 is 0 Å². The average Bonchev–Trinajstić information content (AvgIpc) is 2.76. The quantitative estimate of drug-likeness (QED) is 0.506. The third-order valence-electron chi connectivity index (χ3n) is 1.98. The predicted octanol–water partition coefficient (Wildman–Crippen LogP) is 3.22. The van der Waals surface area contributed by atoms with Crippen molar-refractivity contribution in [2.24, 2.45) is 0 Å². The van der Waals surface area contributed by atoms with E-state index in [0.29, 0.717) is 25.7 Å². The minimum absolute atomic E-state index is 0.469. The van der Waals surface area contributed by atoms with Crippen molar-refractivity contribution in [3.05, 3.63) is 16.1 Å². The summed E-state index contributed by atoms with van der Waals surface area (Å²) in [6.07, 6.45) is 2.28. The maximum Gasteiger partial charge on any atom is 0.119 e. The Labute approximate surface area is 106 Å². The van der Waals surface area contributed by atoms with Crippen LogP contribution in [0.15, 0.2) is 5.38 Å². The van der Waals surface area contributed by atoms with Gasteiger partial charge in [-0.1, -0.05) is 13.3 Å². The van der Waals surface area contributed by atoms with Crippen LogP contribution in [0.2, 0.25) is 0 Å². The molecule has 16 heavy (non-hydrogen) atoms. The van der Waals surface area contributed by atoms with Crippen molar-refractivity contribution in [1.29, 1.82) is 0 Å². The summed E-state index contributed by atoms with van der Waals surface area (Å²) in [6.45, 7) is 4.82. The Morgan fingerprint density at radius 2 is 2.12 bits per heavy atom. The maximum absolute atomic E-state index is 5.66. The van der Waals surface area contributed by atoms with Gasteiger partial charge in [0.05, 0.1) is 31.4 Å². The molecule has 1 rings (SSSR count). The molecule has 0 aliphatic rings. The molecule has 3 nitrogen and oxygen atoms in total. The van der Waals surface area contributed by atoms with Gasteiger partial charge in [-0.05, 0) is 6.42 Å². The van der Waals surface area contributed by atoms with Crippen LogP contribution >= 0.6 is 22.9 Å². The molecule has 5 heteroatoms. The van der Waals surface area contributed by atoms with Gasteiger partial charge in [-0.25, -0.2) is 4.98 Å². The van der Waals surface area contributed by atoms with E-state index in [4.69, 9.17) is 21.1 Å². The molecule has 0 aliphatic heterocycles. The van der Waals surface area contributed by atoms with Gasteiger partial charge in [-0.2, -0.15) is 0 Å². The summed E-state index contributed by atoms with van der Waals surface area (Å²) < 4.78 is 10.8. The number of aromatic nitrogens is 1. The van der Waals surface area contributed by atoms with E-state index < -0.39 is 0 Å². The fourth-order valence-corrected chi connectivity index (χ4v) is 2.06. The molecule has 0 aliphatic carbocycles. The van der Waals surface area contributed by atoms with Crippen LogP contribution in [0.25, 0.3) is 0 Å². The van der Waals surface area contributed by atoms with E-state index >= 15 is 0 Å². The van der Waals surface area contributed by atoms with Crippen LogP contribution in [0, 0.1) is 0 Å². The molecule has 0 fully saturated rings. The summed E-state index contributed by atoms with van der Waals surface area (Å²) in [4.78, 5) is 4.30. The number of ether oxygens (including phenoxy) is 2. The minimum atomic E-state index is 0.469. The Bertz CT molecular complexity index is 281. The first-order valence-electron chi connectivity index (χ1n) is 5.51. The van der Waals surface area contributed by atoms with E-state index in [1.807, 2.05) is 5.38 Å². The predicted molar refractivity (Wildman–Crippen MR) is 67.1 cm³/mol. The lowest BCUT2D eigenvalue weighted by Gasteiger charge is -2.03. The highest BCUT2D eigenvalue weighted by Gasteiger charge is 2.00. The first kappa shape index (κ1) is 13.9. The van der Waals surface area contributed by atoms with E-state index in [0.717, 1.165) is 23.7 Å². The lowest BCUT2D eigenvalue weighted by atomic mass is 10.4. The molecular weight excluding hydrogens is 246 g/mol. The molecule has 0 atom stereocenters. The smallest absolute Gasteiger partial charge is 0.119 e. The zero-order valence-corrected chi connectivity index (χ0v) is 11.1. The molecule has 1 heterocycles. The van der Waals surface area contributed by atoms with Gasteiger partial charge in [0.1, 0.15) is 5.01 Å². The summed E-state index contributed by atoms with van der Waals surface area (Å²) in [7, 11) is 0. The molecule has 0 amide bonds. The van der Waals surface area contributed by atoms with Crippen LogP contribution in [-0.4, -0.2) is 24.8 Å². The summed E-state index contributed by atoms with van der Waals surface area (Å²) in [5, 5.41) is 2.94. The Balaban J connectivity index is 1.98. The molecular formula is C11H18ClNO2S. The molecule has 0 unspecified atom stereocenters. The average molecular weight is 264 g/mol. The molecule has 0 bridgehead atoms. The zero-order chi connectivity index (χ0) is 11.6. The molecule has 0 radical (unpaired) electrons. The van der Waals surface area contributed by atoms with E-state index in [1.54, 1.807) is 11.3 Å². The second-order valence-electron chi connectivity index (χ2n) is 3.38. The Kier molecular flexibility index (Phi) is 7.76. The molecule has 1 aromatic rings. The van der Waals surface area contributed by atoms with Gasteiger partial charge >= 0.3 is 0 Å². The number of nitrogens with zero attached hydrogens (tertiary/aromatic N) is 1. The first-order chi connectivity index (χ1) is 7.86. The number of hydrogen-bond acceptors (Lipinski definition) is 4. The van der Waals surface area contributed by atoms with Crippen molar-refractivity contribution in [2.75, 3.05) is 19.8 Å². The second-order valence-corrected chi connectivity index (χ2v) is 4.59. The zero-order valence-electron chi connectivity index (χ0n) is 9.58. The molecule has 0 aromatic carbocycles. The highest BCUT2D eigenvalue weighted by Crippen LogP contribution is 2.12. The van der Waals surface area contributed by atoms with Crippen molar-refractivity contribution in [1.82, 2.24) is 4.98 Å². The lowest BCUT2D eigenvalue weighted by molar-refractivity contribution is 0.0396. The van der Waals surface area contributed by atoms with Gasteiger partial charge in [-0.3, -0.25) is 0 Å². The van der Waals surface area contributed by atoms with Gasteiger partial charge in [0.25, 0.3) is 0 Å². The fraction of sp³-hybridized carbons (Fsp3) is 0.727. The van der Waals surface area contributed by atoms with Crippen LogP contribution in [0.5, 0.6) is 0 Å². The highest BCUT2D eigenvalue weighted by atomic mass is 35.5. The summed E-state index contributed by atoms with van der Waals surface area (Å²) in [5.74, 6) is 0.469. The molecule has 1 aromatic heterocycles. The van der Waals surface area contributed by atoms with Crippen LogP contribution in [0.1, 0.15) is 30.5 Å². The Hall–Kier alpha value is -0.160. The monoisotopic (exact) mass is 263 g/mol. The molecule has 0 spiro atoms. The number of thiazole rings is 1. The SMILES string of the molecule is CCCCOCCOCc1nc(CCl)cs1. The molecule has 0 saturated heterocycles. The number of halogens is 1. The van der Waals surface area contributed by atoms with Gasteiger partial charge in [0, 0.05) is 12.0 Å².